The fourth-order valence-corrected chi connectivity index (χ4v) is 5.45. The number of hydrogen-bond acceptors (Lipinski definition) is 4. The molecule has 27 heavy (non-hydrogen) atoms. The lowest BCUT2D eigenvalue weighted by molar-refractivity contribution is -0.143. The van der Waals surface area contributed by atoms with Gasteiger partial charge < -0.3 is 10.1 Å². The van der Waals surface area contributed by atoms with Gasteiger partial charge in [-0.3, -0.25) is 9.69 Å². The number of nitrogens with zero attached hydrogens (tertiary/aromatic N) is 1. The molecule has 0 bridgehead atoms. The third-order valence-corrected chi connectivity index (χ3v) is 6.61. The molecule has 0 spiro atoms. The van der Waals surface area contributed by atoms with E-state index in [1.807, 2.05) is 11.8 Å². The van der Waals surface area contributed by atoms with Crippen LogP contribution in [0.5, 0.6) is 0 Å². The number of amides is 2. The first-order valence-electron chi connectivity index (χ1n) is 8.77. The number of nitrogens with one attached hydrogen (secondary N) is 1. The lowest BCUT2D eigenvalue weighted by Gasteiger charge is -2.15. The Hall–Kier alpha value is -1.90. The van der Waals surface area contributed by atoms with Gasteiger partial charge in [0.1, 0.15) is 11.9 Å². The van der Waals surface area contributed by atoms with Gasteiger partial charge in [-0.1, -0.05) is 6.07 Å². The van der Waals surface area contributed by atoms with E-state index < -0.39 is 24.0 Å². The molecule has 3 aliphatic rings. The Labute approximate surface area is 158 Å². The van der Waals surface area contributed by atoms with Crippen molar-refractivity contribution in [3.63, 3.8) is 0 Å². The minimum atomic E-state index is -3.50. The van der Waals surface area contributed by atoms with Crippen LogP contribution in [-0.4, -0.2) is 48.6 Å². The second-order valence-corrected chi connectivity index (χ2v) is 8.39. The maximum atomic E-state index is 14.6. The van der Waals surface area contributed by atoms with Crippen LogP contribution in [-0.2, 0) is 9.53 Å². The number of carbonyl (C=O) groups excluding carboxylic acids is 2. The zero-order valence-corrected chi connectivity index (χ0v) is 15.4. The second kappa shape index (κ2) is 6.61. The molecule has 3 fully saturated rings. The minimum Gasteiger partial charge on any atom is -0.442 e. The number of alkyl halides is 2. The van der Waals surface area contributed by atoms with Crippen molar-refractivity contribution in [2.24, 2.45) is 11.8 Å². The summed E-state index contributed by atoms with van der Waals surface area (Å²) in [6.07, 6.45) is -1.46. The summed E-state index contributed by atoms with van der Waals surface area (Å²) in [6, 6.07) is 4.72. The molecule has 1 aromatic rings. The quantitative estimate of drug-likeness (QED) is 0.826. The van der Waals surface area contributed by atoms with E-state index in [-0.39, 0.29) is 24.8 Å². The van der Waals surface area contributed by atoms with E-state index in [2.05, 4.69) is 5.32 Å². The molecule has 0 radical (unpaired) electrons. The minimum absolute atomic E-state index is 0.0541. The smallest absolute Gasteiger partial charge is 0.414 e. The SMILES string of the molecule is CC(F)(F)C(=O)NC[C@H]1CN(c2ccc([C@H]3[C@@H]4CSC[C@@H]43)c(F)c2)C(=O)O1. The Bertz CT molecular complexity index is 776. The Morgan fingerprint density at radius 2 is 2.07 bits per heavy atom. The van der Waals surface area contributed by atoms with E-state index in [1.165, 1.54) is 11.0 Å². The molecular formula is C18H19F3N2O3S. The van der Waals surface area contributed by atoms with Crippen molar-refractivity contribution in [2.45, 2.75) is 24.9 Å². The summed E-state index contributed by atoms with van der Waals surface area (Å²) in [5.74, 6) is -1.76. The fraction of sp³-hybridized carbons (Fsp3) is 0.556. The summed E-state index contributed by atoms with van der Waals surface area (Å²) >= 11 is 1.90. The monoisotopic (exact) mass is 400 g/mol. The number of rotatable bonds is 5. The number of thioether (sulfide) groups is 1. The maximum Gasteiger partial charge on any atom is 0.414 e. The summed E-state index contributed by atoms with van der Waals surface area (Å²) in [6.45, 7) is 0.318. The van der Waals surface area contributed by atoms with Crippen molar-refractivity contribution in [2.75, 3.05) is 29.5 Å². The van der Waals surface area contributed by atoms with Crippen LogP contribution >= 0.6 is 11.8 Å². The van der Waals surface area contributed by atoms with Gasteiger partial charge in [-0.2, -0.15) is 20.5 Å². The van der Waals surface area contributed by atoms with Gasteiger partial charge in [-0.15, -0.1) is 0 Å². The lowest BCUT2D eigenvalue weighted by atomic mass is 10.1. The molecule has 2 saturated heterocycles. The van der Waals surface area contributed by atoms with Crippen LogP contribution in [0.25, 0.3) is 0 Å². The molecule has 146 valence electrons. The lowest BCUT2D eigenvalue weighted by Crippen LogP contribution is -2.42. The molecule has 2 aliphatic heterocycles. The van der Waals surface area contributed by atoms with Crippen LogP contribution in [0, 0.1) is 17.7 Å². The largest absolute Gasteiger partial charge is 0.442 e. The summed E-state index contributed by atoms with van der Waals surface area (Å²) in [4.78, 5) is 24.5. The third-order valence-electron chi connectivity index (χ3n) is 5.37. The van der Waals surface area contributed by atoms with E-state index in [4.69, 9.17) is 4.74 Å². The molecule has 4 atom stereocenters. The van der Waals surface area contributed by atoms with Crippen molar-refractivity contribution in [1.82, 2.24) is 5.32 Å². The number of anilines is 1. The highest BCUT2D eigenvalue weighted by molar-refractivity contribution is 7.99. The van der Waals surface area contributed by atoms with Crippen molar-refractivity contribution in [3.8, 4) is 0 Å². The molecule has 0 aromatic heterocycles. The molecule has 5 nitrogen and oxygen atoms in total. The van der Waals surface area contributed by atoms with Crippen molar-refractivity contribution >= 4 is 29.4 Å². The Kier molecular flexibility index (Phi) is 4.52. The van der Waals surface area contributed by atoms with Gasteiger partial charge in [-0.25, -0.2) is 9.18 Å². The molecular weight excluding hydrogens is 381 g/mol. The van der Waals surface area contributed by atoms with E-state index in [1.54, 1.807) is 12.1 Å². The number of hydrogen-bond donors (Lipinski definition) is 1. The van der Waals surface area contributed by atoms with E-state index >= 15 is 0 Å². The van der Waals surface area contributed by atoms with E-state index in [9.17, 15) is 22.8 Å². The van der Waals surface area contributed by atoms with Crippen molar-refractivity contribution < 1.29 is 27.5 Å². The summed E-state index contributed by atoms with van der Waals surface area (Å²) in [5, 5.41) is 2.05. The van der Waals surface area contributed by atoms with Gasteiger partial charge in [0.2, 0.25) is 0 Å². The Balaban J connectivity index is 1.39. The molecule has 2 amide bonds. The standard InChI is InChI=1S/C18H19F3N2O3S/c1-18(20,21)16(24)22-5-10-6-23(17(25)26-10)9-2-3-11(14(19)4-9)15-12-7-27-8-13(12)15/h2-4,10,12-13,15H,5-8H2,1H3,(H,22,24)/t10-,12-,13+,15+/m0/s1. The van der Waals surface area contributed by atoms with Gasteiger partial charge >= 0.3 is 12.0 Å². The molecule has 2 heterocycles. The van der Waals surface area contributed by atoms with Gasteiger partial charge in [0.25, 0.3) is 5.91 Å². The predicted octanol–water partition coefficient (Wildman–Crippen LogP) is 3.00. The molecule has 1 saturated carbocycles. The fourth-order valence-electron chi connectivity index (χ4n) is 3.86. The topological polar surface area (TPSA) is 58.6 Å². The maximum absolute atomic E-state index is 14.6. The number of fused-ring (bicyclic) bond motifs is 1. The summed E-state index contributed by atoms with van der Waals surface area (Å²) in [7, 11) is 0. The zero-order valence-electron chi connectivity index (χ0n) is 14.6. The van der Waals surface area contributed by atoms with Crippen LogP contribution in [0.3, 0.4) is 0 Å². The highest BCUT2D eigenvalue weighted by Gasteiger charge is 2.54. The summed E-state index contributed by atoms with van der Waals surface area (Å²) in [5.41, 5.74) is 1.05. The molecule has 4 rings (SSSR count). The first-order chi connectivity index (χ1) is 12.8. The molecule has 1 N–H and O–H groups in total. The summed E-state index contributed by atoms with van der Waals surface area (Å²) < 4.78 is 45.4. The number of benzene rings is 1. The first-order valence-corrected chi connectivity index (χ1v) is 9.92. The van der Waals surface area contributed by atoms with Gasteiger partial charge in [0, 0.05) is 6.92 Å². The van der Waals surface area contributed by atoms with Crippen LogP contribution in [0.15, 0.2) is 18.2 Å². The van der Waals surface area contributed by atoms with Crippen LogP contribution < -0.4 is 10.2 Å². The molecule has 1 aliphatic carbocycles. The van der Waals surface area contributed by atoms with Crippen LogP contribution in [0.2, 0.25) is 0 Å². The average molecular weight is 400 g/mol. The Morgan fingerprint density at radius 3 is 2.70 bits per heavy atom. The molecule has 0 unspecified atom stereocenters. The van der Waals surface area contributed by atoms with Crippen molar-refractivity contribution in [3.05, 3.63) is 29.6 Å². The third kappa shape index (κ3) is 3.49. The highest BCUT2D eigenvalue weighted by Crippen LogP contribution is 2.61. The average Bonchev–Trinajstić information content (AvgIpc) is 2.94. The first kappa shape index (κ1) is 18.5. The number of cyclic esters (lactones) is 1. The predicted molar refractivity (Wildman–Crippen MR) is 94.7 cm³/mol. The number of carbonyl (C=O) groups is 2. The van der Waals surface area contributed by atoms with Gasteiger partial charge in [0.15, 0.2) is 0 Å². The van der Waals surface area contributed by atoms with Crippen LogP contribution in [0.4, 0.5) is 23.7 Å². The normalized spacial score (nSPS) is 29.5. The number of halogens is 3. The highest BCUT2D eigenvalue weighted by atomic mass is 32.2. The molecule has 1 aromatic carbocycles. The zero-order chi connectivity index (χ0) is 19.3. The molecule has 9 heteroatoms. The Morgan fingerprint density at radius 1 is 1.37 bits per heavy atom. The van der Waals surface area contributed by atoms with Gasteiger partial charge in [0.05, 0.1) is 18.8 Å². The van der Waals surface area contributed by atoms with Crippen LogP contribution in [0.1, 0.15) is 18.4 Å². The van der Waals surface area contributed by atoms with E-state index in [0.29, 0.717) is 30.0 Å². The second-order valence-electron chi connectivity index (χ2n) is 7.31. The van der Waals surface area contributed by atoms with Crippen molar-refractivity contribution in [1.29, 1.82) is 0 Å². The number of ether oxygens (including phenoxy) is 1. The van der Waals surface area contributed by atoms with Gasteiger partial charge in [-0.05, 0) is 47.0 Å². The van der Waals surface area contributed by atoms with E-state index in [0.717, 1.165) is 11.5 Å².